The number of nitrogens with zero attached hydrogens (tertiary/aromatic N) is 2. The van der Waals surface area contributed by atoms with Gasteiger partial charge in [0, 0.05) is 18.4 Å². The monoisotopic (exact) mass is 365 g/mol. The molecular weight excluding hydrogens is 345 g/mol. The van der Waals surface area contributed by atoms with Crippen molar-refractivity contribution in [3.8, 4) is 11.4 Å². The van der Waals surface area contributed by atoms with Crippen molar-refractivity contribution in [3.05, 3.63) is 71.4 Å². The maximum Gasteiger partial charge on any atom is 0.227 e. The van der Waals surface area contributed by atoms with E-state index in [-0.39, 0.29) is 24.2 Å². The lowest BCUT2D eigenvalue weighted by Crippen LogP contribution is -2.31. The molecule has 2 aromatic carbocycles. The van der Waals surface area contributed by atoms with Gasteiger partial charge in [0.05, 0.1) is 6.04 Å². The molecule has 0 aliphatic heterocycles. The Kier molecular flexibility index (Phi) is 4.96. The van der Waals surface area contributed by atoms with E-state index < -0.39 is 0 Å². The van der Waals surface area contributed by atoms with Crippen molar-refractivity contribution >= 4 is 5.91 Å². The molecule has 1 N–H and O–H groups in total. The first kappa shape index (κ1) is 17.4. The summed E-state index contributed by atoms with van der Waals surface area (Å²) in [6.45, 7) is 0. The molecule has 0 bridgehead atoms. The summed E-state index contributed by atoms with van der Waals surface area (Å²) in [5.41, 5.74) is 3.21. The summed E-state index contributed by atoms with van der Waals surface area (Å²) in [5, 5.41) is 7.02. The number of amides is 1. The fraction of sp³-hybridized carbons (Fsp3) is 0.286. The molecule has 1 amide bonds. The summed E-state index contributed by atoms with van der Waals surface area (Å²) in [7, 11) is 0. The highest BCUT2D eigenvalue weighted by Gasteiger charge is 2.21. The molecule has 6 heteroatoms. The predicted molar refractivity (Wildman–Crippen MR) is 98.3 cm³/mol. The van der Waals surface area contributed by atoms with Crippen LogP contribution in [-0.2, 0) is 17.6 Å². The third kappa shape index (κ3) is 4.05. The first-order valence-electron chi connectivity index (χ1n) is 9.15. The van der Waals surface area contributed by atoms with Crippen LogP contribution in [0.1, 0.15) is 42.3 Å². The molecule has 0 radical (unpaired) electrons. The molecule has 1 aliphatic rings. The smallest absolute Gasteiger partial charge is 0.227 e. The highest BCUT2D eigenvalue weighted by Crippen LogP contribution is 2.29. The van der Waals surface area contributed by atoms with Gasteiger partial charge in [-0.3, -0.25) is 4.79 Å². The Morgan fingerprint density at radius 2 is 2.00 bits per heavy atom. The Bertz CT molecular complexity index is 937. The van der Waals surface area contributed by atoms with Crippen molar-refractivity contribution in [1.82, 2.24) is 15.5 Å². The van der Waals surface area contributed by atoms with Crippen LogP contribution in [0, 0.1) is 5.82 Å². The summed E-state index contributed by atoms with van der Waals surface area (Å²) in [5.74, 6) is 0.446. The van der Waals surface area contributed by atoms with Gasteiger partial charge in [0.15, 0.2) is 0 Å². The number of hydrogen-bond donors (Lipinski definition) is 1. The van der Waals surface area contributed by atoms with Gasteiger partial charge >= 0.3 is 0 Å². The molecule has 0 saturated carbocycles. The molecule has 3 aromatic rings. The number of aryl methyl sites for hydroxylation is 2. The van der Waals surface area contributed by atoms with E-state index in [0.29, 0.717) is 23.7 Å². The van der Waals surface area contributed by atoms with Gasteiger partial charge < -0.3 is 9.84 Å². The minimum Gasteiger partial charge on any atom is -0.349 e. The molecule has 0 unspecified atom stereocenters. The van der Waals surface area contributed by atoms with Gasteiger partial charge in [0.2, 0.25) is 17.6 Å². The van der Waals surface area contributed by atoms with Gasteiger partial charge in [0.25, 0.3) is 0 Å². The van der Waals surface area contributed by atoms with Gasteiger partial charge in [-0.05, 0) is 54.7 Å². The van der Waals surface area contributed by atoms with E-state index in [1.807, 2.05) is 12.1 Å². The number of fused-ring (bicyclic) bond motifs is 1. The average Bonchev–Trinajstić information content (AvgIpc) is 3.16. The molecule has 27 heavy (non-hydrogen) atoms. The number of nitrogens with one attached hydrogen (secondary N) is 1. The van der Waals surface area contributed by atoms with Gasteiger partial charge in [0.1, 0.15) is 5.82 Å². The molecule has 138 valence electrons. The van der Waals surface area contributed by atoms with Crippen molar-refractivity contribution in [3.63, 3.8) is 0 Å². The van der Waals surface area contributed by atoms with Crippen molar-refractivity contribution in [2.75, 3.05) is 0 Å². The molecule has 0 saturated heterocycles. The third-order valence-corrected chi connectivity index (χ3v) is 4.84. The number of carbonyl (C=O) groups excluding carboxylic acids is 1. The van der Waals surface area contributed by atoms with Crippen LogP contribution < -0.4 is 5.32 Å². The Morgan fingerprint density at radius 1 is 1.19 bits per heavy atom. The van der Waals surface area contributed by atoms with Crippen molar-refractivity contribution in [1.29, 1.82) is 0 Å². The van der Waals surface area contributed by atoms with E-state index >= 15 is 0 Å². The number of benzene rings is 2. The zero-order chi connectivity index (χ0) is 18.6. The summed E-state index contributed by atoms with van der Waals surface area (Å²) in [6.07, 6.45) is 3.75. The van der Waals surface area contributed by atoms with Crippen molar-refractivity contribution < 1.29 is 13.7 Å². The zero-order valence-electron chi connectivity index (χ0n) is 14.8. The van der Waals surface area contributed by atoms with Crippen LogP contribution in [0.3, 0.4) is 0 Å². The largest absolute Gasteiger partial charge is 0.349 e. The van der Waals surface area contributed by atoms with Crippen LogP contribution in [0.5, 0.6) is 0 Å². The fourth-order valence-corrected chi connectivity index (χ4v) is 3.46. The fourth-order valence-electron chi connectivity index (χ4n) is 3.46. The van der Waals surface area contributed by atoms with E-state index in [2.05, 4.69) is 27.6 Å². The third-order valence-electron chi connectivity index (χ3n) is 4.84. The lowest BCUT2D eigenvalue weighted by molar-refractivity contribution is -0.122. The van der Waals surface area contributed by atoms with Gasteiger partial charge in [-0.25, -0.2) is 4.39 Å². The molecule has 0 spiro atoms. The van der Waals surface area contributed by atoms with E-state index in [9.17, 15) is 9.18 Å². The first-order chi connectivity index (χ1) is 13.2. The minimum atomic E-state index is -0.316. The minimum absolute atomic E-state index is 0.0294. The molecule has 5 nitrogen and oxygen atoms in total. The van der Waals surface area contributed by atoms with Gasteiger partial charge in [-0.1, -0.05) is 29.4 Å². The highest BCUT2D eigenvalue weighted by molar-refractivity contribution is 5.76. The quantitative estimate of drug-likeness (QED) is 0.742. The second kappa shape index (κ2) is 7.70. The van der Waals surface area contributed by atoms with Crippen molar-refractivity contribution in [2.45, 2.75) is 38.1 Å². The number of aromatic nitrogens is 2. The van der Waals surface area contributed by atoms with E-state index in [0.717, 1.165) is 19.3 Å². The van der Waals surface area contributed by atoms with Gasteiger partial charge in [-0.15, -0.1) is 0 Å². The molecule has 4 rings (SSSR count). The van der Waals surface area contributed by atoms with Gasteiger partial charge in [-0.2, -0.15) is 4.98 Å². The summed E-state index contributed by atoms with van der Waals surface area (Å²) in [4.78, 5) is 16.7. The molecule has 1 atom stereocenters. The van der Waals surface area contributed by atoms with Crippen LogP contribution in [0.4, 0.5) is 4.39 Å². The van der Waals surface area contributed by atoms with Crippen LogP contribution in [0.2, 0.25) is 0 Å². The molecule has 1 aromatic heterocycles. The van der Waals surface area contributed by atoms with Crippen LogP contribution in [-0.4, -0.2) is 16.0 Å². The SMILES string of the molecule is O=C(CCc1nc(-c2ccc(F)cc2)no1)N[C@@H]1CCCc2ccccc21. The Morgan fingerprint density at radius 3 is 2.85 bits per heavy atom. The Balaban J connectivity index is 1.34. The highest BCUT2D eigenvalue weighted by atomic mass is 19.1. The van der Waals surface area contributed by atoms with E-state index in [1.165, 1.54) is 23.3 Å². The lowest BCUT2D eigenvalue weighted by Gasteiger charge is -2.26. The lowest BCUT2D eigenvalue weighted by atomic mass is 9.87. The Hall–Kier alpha value is -3.02. The standard InChI is InChI=1S/C21H20FN3O2/c22-16-10-8-15(9-11-16)21-24-20(27-25-21)13-12-19(26)23-18-7-3-5-14-4-1-2-6-17(14)18/h1-2,4,6,8-11,18H,3,5,7,12-13H2,(H,23,26)/t18-/m1/s1. The number of hydrogen-bond acceptors (Lipinski definition) is 4. The topological polar surface area (TPSA) is 68.0 Å². The second-order valence-electron chi connectivity index (χ2n) is 6.73. The summed E-state index contributed by atoms with van der Waals surface area (Å²) >= 11 is 0. The van der Waals surface area contributed by atoms with E-state index in [1.54, 1.807) is 12.1 Å². The molecule has 0 fully saturated rings. The maximum atomic E-state index is 13.0. The van der Waals surface area contributed by atoms with Crippen LogP contribution >= 0.6 is 0 Å². The normalized spacial score (nSPS) is 16.0. The van der Waals surface area contributed by atoms with Crippen molar-refractivity contribution in [2.24, 2.45) is 0 Å². The average molecular weight is 365 g/mol. The molecule has 1 heterocycles. The maximum absolute atomic E-state index is 13.0. The summed E-state index contributed by atoms with van der Waals surface area (Å²) in [6, 6.07) is 14.2. The first-order valence-corrected chi connectivity index (χ1v) is 9.15. The Labute approximate surface area is 156 Å². The number of rotatable bonds is 5. The summed E-state index contributed by atoms with van der Waals surface area (Å²) < 4.78 is 18.2. The zero-order valence-corrected chi connectivity index (χ0v) is 14.8. The van der Waals surface area contributed by atoms with Crippen LogP contribution in [0.15, 0.2) is 53.1 Å². The van der Waals surface area contributed by atoms with E-state index in [4.69, 9.17) is 4.52 Å². The predicted octanol–water partition coefficient (Wildman–Crippen LogP) is 4.00. The number of halogens is 1. The van der Waals surface area contributed by atoms with Crippen LogP contribution in [0.25, 0.3) is 11.4 Å². The molecular formula is C21H20FN3O2. The number of carbonyl (C=O) groups is 1. The second-order valence-corrected chi connectivity index (χ2v) is 6.73. The molecule has 1 aliphatic carbocycles.